The van der Waals surface area contributed by atoms with Crippen molar-refractivity contribution in [2.75, 3.05) is 24.3 Å². The van der Waals surface area contributed by atoms with Crippen molar-refractivity contribution in [2.45, 2.75) is 19.9 Å². The molecular weight excluding hydrogens is 336 g/mol. The number of ether oxygens (including phenoxy) is 1. The van der Waals surface area contributed by atoms with Gasteiger partial charge in [-0.25, -0.2) is 0 Å². The largest absolute Gasteiger partial charge is 0.491 e. The molecule has 1 aromatic heterocycles. The molecule has 0 unspecified atom stereocenters. The van der Waals surface area contributed by atoms with E-state index in [1.807, 2.05) is 25.2 Å². The van der Waals surface area contributed by atoms with Gasteiger partial charge in [-0.2, -0.15) is 0 Å². The van der Waals surface area contributed by atoms with Crippen LogP contribution in [0, 0.1) is 0 Å². The zero-order valence-corrected chi connectivity index (χ0v) is 14.1. The second-order valence-electron chi connectivity index (χ2n) is 4.62. The predicted octanol–water partition coefficient (Wildman–Crippen LogP) is 4.52. The summed E-state index contributed by atoms with van der Waals surface area (Å²) in [5.74, 6) is 0.767. The van der Waals surface area contributed by atoms with Crippen LogP contribution in [0.4, 0.5) is 11.4 Å². The van der Waals surface area contributed by atoms with Crippen LogP contribution in [0.25, 0.3) is 0 Å². The van der Waals surface area contributed by atoms with Crippen LogP contribution in [-0.4, -0.2) is 13.7 Å². The summed E-state index contributed by atoms with van der Waals surface area (Å²) in [6, 6.07) is 8.06. The Labute approximate surface area is 132 Å². The van der Waals surface area contributed by atoms with E-state index in [1.165, 1.54) is 4.88 Å². The van der Waals surface area contributed by atoms with Gasteiger partial charge in [-0.15, -0.1) is 11.3 Å². The average Bonchev–Trinajstić information content (AvgIpc) is 2.83. The summed E-state index contributed by atoms with van der Waals surface area (Å²) >= 11 is 5.22. The van der Waals surface area contributed by atoms with Crippen LogP contribution in [-0.2, 0) is 6.54 Å². The topological polar surface area (TPSA) is 38.5 Å². The fraction of sp³-hybridized carbons (Fsp3) is 0.333. The highest BCUT2D eigenvalue weighted by atomic mass is 79.9. The van der Waals surface area contributed by atoms with Crippen molar-refractivity contribution in [3.63, 3.8) is 0 Å². The van der Waals surface area contributed by atoms with Crippen molar-refractivity contribution >= 4 is 38.6 Å². The summed E-state index contributed by atoms with van der Waals surface area (Å²) in [7, 11) is 2.04. The van der Waals surface area contributed by atoms with Gasteiger partial charge in [-0.1, -0.05) is 13.0 Å². The molecule has 2 aromatic rings. The minimum atomic E-state index is 0.690. The Bertz CT molecular complexity index is 571. The molecule has 0 saturated heterocycles. The van der Waals surface area contributed by atoms with Crippen molar-refractivity contribution in [1.29, 1.82) is 0 Å². The van der Waals surface area contributed by atoms with Gasteiger partial charge in [0.25, 0.3) is 0 Å². The molecule has 0 radical (unpaired) electrons. The van der Waals surface area contributed by atoms with Crippen molar-refractivity contribution in [1.82, 2.24) is 0 Å². The lowest BCUT2D eigenvalue weighted by Gasteiger charge is -2.22. The lowest BCUT2D eigenvalue weighted by Crippen LogP contribution is -2.17. The summed E-state index contributed by atoms with van der Waals surface area (Å²) in [4.78, 5) is 3.44. The number of hydrogen-bond acceptors (Lipinski definition) is 4. The van der Waals surface area contributed by atoms with Crippen LogP contribution < -0.4 is 15.4 Å². The first-order valence-electron chi connectivity index (χ1n) is 6.57. The van der Waals surface area contributed by atoms with Gasteiger partial charge in [0.2, 0.25) is 0 Å². The number of nitrogen functional groups attached to an aromatic ring is 1. The van der Waals surface area contributed by atoms with Crippen LogP contribution in [0.1, 0.15) is 18.2 Å². The van der Waals surface area contributed by atoms with Gasteiger partial charge < -0.3 is 15.4 Å². The third-order valence-corrected chi connectivity index (χ3v) is 4.61. The minimum absolute atomic E-state index is 0.690. The molecule has 0 spiro atoms. The highest BCUT2D eigenvalue weighted by molar-refractivity contribution is 9.10. The van der Waals surface area contributed by atoms with E-state index in [2.05, 4.69) is 39.2 Å². The molecule has 2 rings (SSSR count). The first-order valence-corrected chi connectivity index (χ1v) is 8.24. The monoisotopic (exact) mass is 354 g/mol. The Morgan fingerprint density at radius 2 is 2.20 bits per heavy atom. The molecular formula is C15H19BrN2OS. The molecule has 20 heavy (non-hydrogen) atoms. The fourth-order valence-corrected chi connectivity index (χ4v) is 3.46. The van der Waals surface area contributed by atoms with Crippen LogP contribution in [0.5, 0.6) is 5.75 Å². The number of para-hydroxylation sites is 1. The second-order valence-corrected chi connectivity index (χ2v) is 6.54. The minimum Gasteiger partial charge on any atom is -0.491 e. The number of nitrogens with two attached hydrogens (primary N) is 1. The lowest BCUT2D eigenvalue weighted by atomic mass is 10.2. The van der Waals surface area contributed by atoms with Crippen molar-refractivity contribution in [2.24, 2.45) is 0 Å². The SMILES string of the molecule is CCCOc1cccc(N(C)Cc2cc(Br)cs2)c1N. The van der Waals surface area contributed by atoms with Crippen molar-refractivity contribution in [3.8, 4) is 5.75 Å². The zero-order chi connectivity index (χ0) is 14.5. The third kappa shape index (κ3) is 3.67. The first-order chi connectivity index (χ1) is 9.61. The molecule has 0 aliphatic heterocycles. The Morgan fingerprint density at radius 1 is 1.40 bits per heavy atom. The van der Waals surface area contributed by atoms with E-state index in [0.717, 1.165) is 28.9 Å². The molecule has 3 nitrogen and oxygen atoms in total. The highest BCUT2D eigenvalue weighted by Gasteiger charge is 2.11. The van der Waals surface area contributed by atoms with Gasteiger partial charge in [0.1, 0.15) is 5.75 Å². The first kappa shape index (κ1) is 15.2. The van der Waals surface area contributed by atoms with E-state index in [0.29, 0.717) is 12.3 Å². The fourth-order valence-electron chi connectivity index (χ4n) is 1.96. The molecule has 1 heterocycles. The van der Waals surface area contributed by atoms with Gasteiger partial charge in [0.05, 0.1) is 24.5 Å². The molecule has 0 saturated carbocycles. The quantitative estimate of drug-likeness (QED) is 0.775. The Kier molecular flexibility index (Phi) is 5.31. The number of nitrogens with zero attached hydrogens (tertiary/aromatic N) is 1. The van der Waals surface area contributed by atoms with Gasteiger partial charge in [0, 0.05) is 21.8 Å². The van der Waals surface area contributed by atoms with E-state index in [1.54, 1.807) is 11.3 Å². The van der Waals surface area contributed by atoms with Crippen LogP contribution in [0.15, 0.2) is 34.1 Å². The van der Waals surface area contributed by atoms with E-state index in [-0.39, 0.29) is 0 Å². The standard InChI is InChI=1S/C15H19BrN2OS/c1-3-7-19-14-6-4-5-13(15(14)17)18(2)9-12-8-11(16)10-20-12/h4-6,8,10H,3,7,9,17H2,1-2H3. The lowest BCUT2D eigenvalue weighted by molar-refractivity contribution is 0.319. The number of thiophene rings is 1. The van der Waals surface area contributed by atoms with E-state index in [4.69, 9.17) is 10.5 Å². The molecule has 0 fully saturated rings. The zero-order valence-electron chi connectivity index (χ0n) is 11.7. The maximum absolute atomic E-state index is 6.21. The Hall–Kier alpha value is -1.20. The predicted molar refractivity (Wildman–Crippen MR) is 90.8 cm³/mol. The van der Waals surface area contributed by atoms with E-state index < -0.39 is 0 Å². The van der Waals surface area contributed by atoms with Gasteiger partial charge >= 0.3 is 0 Å². The average molecular weight is 355 g/mol. The number of rotatable bonds is 6. The summed E-state index contributed by atoms with van der Waals surface area (Å²) in [6.07, 6.45) is 0.975. The normalized spacial score (nSPS) is 10.6. The molecule has 0 aliphatic carbocycles. The highest BCUT2D eigenvalue weighted by Crippen LogP contribution is 2.33. The molecule has 5 heteroatoms. The van der Waals surface area contributed by atoms with Crippen molar-refractivity contribution < 1.29 is 4.74 Å². The number of anilines is 2. The smallest absolute Gasteiger partial charge is 0.144 e. The van der Waals surface area contributed by atoms with Crippen molar-refractivity contribution in [3.05, 3.63) is 39.0 Å². The van der Waals surface area contributed by atoms with Crippen LogP contribution >= 0.6 is 27.3 Å². The molecule has 2 N–H and O–H groups in total. The number of benzene rings is 1. The number of halogens is 1. The maximum Gasteiger partial charge on any atom is 0.144 e. The van der Waals surface area contributed by atoms with E-state index >= 15 is 0 Å². The van der Waals surface area contributed by atoms with Gasteiger partial charge in [-0.3, -0.25) is 0 Å². The molecule has 0 aliphatic rings. The Balaban J connectivity index is 2.14. The molecule has 0 amide bonds. The summed E-state index contributed by atoms with van der Waals surface area (Å²) < 4.78 is 6.80. The summed E-state index contributed by atoms with van der Waals surface area (Å²) in [5, 5.41) is 2.09. The number of hydrogen-bond donors (Lipinski definition) is 1. The third-order valence-electron chi connectivity index (χ3n) is 2.93. The summed E-state index contributed by atoms with van der Waals surface area (Å²) in [6.45, 7) is 3.60. The summed E-state index contributed by atoms with van der Waals surface area (Å²) in [5.41, 5.74) is 7.92. The van der Waals surface area contributed by atoms with Crippen LogP contribution in [0.2, 0.25) is 0 Å². The maximum atomic E-state index is 6.21. The molecule has 0 bridgehead atoms. The van der Waals surface area contributed by atoms with Crippen LogP contribution in [0.3, 0.4) is 0 Å². The Morgan fingerprint density at radius 3 is 2.85 bits per heavy atom. The molecule has 1 aromatic carbocycles. The van der Waals surface area contributed by atoms with Gasteiger partial charge in [-0.05, 0) is 40.5 Å². The molecule has 108 valence electrons. The molecule has 0 atom stereocenters. The van der Waals surface area contributed by atoms with Gasteiger partial charge in [0.15, 0.2) is 0 Å². The second kappa shape index (κ2) is 6.99. The van der Waals surface area contributed by atoms with E-state index in [9.17, 15) is 0 Å².